The minimum absolute atomic E-state index is 0.193. The van der Waals surface area contributed by atoms with Crippen LogP contribution in [0.4, 0.5) is 10.5 Å². The van der Waals surface area contributed by atoms with Crippen LogP contribution in [0.15, 0.2) is 48.5 Å². The second-order valence-electron chi connectivity index (χ2n) is 9.91. The first-order chi connectivity index (χ1) is 16.9. The number of ether oxygens (including phenoxy) is 2. The number of benzene rings is 2. The summed E-state index contributed by atoms with van der Waals surface area (Å²) < 4.78 is 11.7. The molecule has 2 heterocycles. The average Bonchev–Trinajstić information content (AvgIpc) is 3.65. The lowest BCUT2D eigenvalue weighted by molar-refractivity contribution is 0.0385. The molecule has 1 saturated heterocycles. The van der Waals surface area contributed by atoms with E-state index in [0.29, 0.717) is 31.2 Å². The molecule has 35 heavy (non-hydrogen) atoms. The molecule has 184 valence electrons. The van der Waals surface area contributed by atoms with Gasteiger partial charge in [-0.05, 0) is 85.8 Å². The molecule has 1 atom stereocenters. The van der Waals surface area contributed by atoms with Gasteiger partial charge in [0.2, 0.25) is 0 Å². The molecule has 3 aliphatic rings. The van der Waals surface area contributed by atoms with Gasteiger partial charge in [-0.3, -0.25) is 4.90 Å². The number of carbonyl (C=O) groups is 2. The molecule has 2 fully saturated rings. The van der Waals surface area contributed by atoms with Crippen LogP contribution in [0.3, 0.4) is 0 Å². The number of aromatic carboxylic acids is 1. The summed E-state index contributed by atoms with van der Waals surface area (Å²) in [4.78, 5) is 27.7. The van der Waals surface area contributed by atoms with Gasteiger partial charge < -0.3 is 19.5 Å². The summed E-state index contributed by atoms with van der Waals surface area (Å²) in [7, 11) is 2.09. The van der Waals surface area contributed by atoms with E-state index in [0.717, 1.165) is 25.3 Å². The molecular weight excluding hydrogens is 444 g/mol. The van der Waals surface area contributed by atoms with Gasteiger partial charge in [-0.2, -0.15) is 0 Å². The van der Waals surface area contributed by atoms with Gasteiger partial charge in [0.15, 0.2) is 0 Å². The molecule has 1 unspecified atom stereocenters. The Morgan fingerprint density at radius 1 is 1.20 bits per heavy atom. The molecule has 1 saturated carbocycles. The third-order valence-corrected chi connectivity index (χ3v) is 7.36. The van der Waals surface area contributed by atoms with Gasteiger partial charge in [0.05, 0.1) is 12.1 Å². The van der Waals surface area contributed by atoms with Crippen LogP contribution in [0.2, 0.25) is 0 Å². The maximum absolute atomic E-state index is 12.7. The van der Waals surface area contributed by atoms with Crippen LogP contribution in [-0.4, -0.2) is 54.4 Å². The molecule has 2 aromatic carbocycles. The lowest BCUT2D eigenvalue weighted by atomic mass is 9.95. The highest BCUT2D eigenvalue weighted by Gasteiger charge is 2.44. The molecular formula is C28H32N2O5. The van der Waals surface area contributed by atoms with Crippen LogP contribution in [0.5, 0.6) is 5.75 Å². The molecule has 5 rings (SSSR count). The third kappa shape index (κ3) is 4.91. The summed E-state index contributed by atoms with van der Waals surface area (Å²) >= 11 is 0. The van der Waals surface area contributed by atoms with Gasteiger partial charge in [-0.1, -0.05) is 13.0 Å². The summed E-state index contributed by atoms with van der Waals surface area (Å²) in [5.41, 5.74) is 4.21. The summed E-state index contributed by atoms with van der Waals surface area (Å²) in [6.07, 6.45) is 5.82. The average molecular weight is 477 g/mol. The number of hydrogen-bond acceptors (Lipinski definition) is 5. The van der Waals surface area contributed by atoms with Crippen LogP contribution >= 0.6 is 0 Å². The fraction of sp³-hybridized carbons (Fsp3) is 0.429. The van der Waals surface area contributed by atoms with E-state index in [2.05, 4.69) is 36.2 Å². The van der Waals surface area contributed by atoms with Crippen LogP contribution in [0.25, 0.3) is 5.57 Å². The number of carboxylic acids is 1. The van der Waals surface area contributed by atoms with E-state index in [-0.39, 0.29) is 11.7 Å². The number of fused-ring (bicyclic) bond motifs is 1. The fourth-order valence-corrected chi connectivity index (χ4v) is 5.02. The van der Waals surface area contributed by atoms with Crippen molar-refractivity contribution in [2.24, 2.45) is 5.92 Å². The largest absolute Gasteiger partial charge is 0.489 e. The van der Waals surface area contributed by atoms with Crippen molar-refractivity contribution in [3.05, 3.63) is 65.2 Å². The highest BCUT2D eigenvalue weighted by molar-refractivity contribution is 5.92. The zero-order valence-corrected chi connectivity index (χ0v) is 20.3. The quantitative estimate of drug-likeness (QED) is 0.536. The molecule has 2 aliphatic heterocycles. The number of carbonyl (C=O) groups excluding carboxylic acids is 1. The van der Waals surface area contributed by atoms with E-state index in [9.17, 15) is 9.59 Å². The Hall–Kier alpha value is -3.32. The van der Waals surface area contributed by atoms with Gasteiger partial charge in [-0.25, -0.2) is 9.59 Å². The minimum atomic E-state index is -0.988. The third-order valence-electron chi connectivity index (χ3n) is 7.36. The monoisotopic (exact) mass is 476 g/mol. The number of rotatable bonds is 9. The second-order valence-corrected chi connectivity index (χ2v) is 9.91. The molecule has 0 spiro atoms. The zero-order chi connectivity index (χ0) is 24.6. The molecule has 2 aromatic rings. The molecule has 1 aliphatic carbocycles. The number of carboxylic acid groups (broad SMARTS) is 1. The molecule has 7 heteroatoms. The Bertz CT molecular complexity index is 1150. The first-order valence-electron chi connectivity index (χ1n) is 12.4. The van der Waals surface area contributed by atoms with Crippen molar-refractivity contribution in [1.82, 2.24) is 4.90 Å². The minimum Gasteiger partial charge on any atom is -0.489 e. The topological polar surface area (TPSA) is 79.3 Å². The van der Waals surface area contributed by atoms with Crippen molar-refractivity contribution in [2.45, 2.75) is 44.8 Å². The molecule has 0 bridgehead atoms. The summed E-state index contributed by atoms with van der Waals surface area (Å²) in [6, 6.07) is 12.8. The lowest BCUT2D eigenvalue weighted by Gasteiger charge is -2.28. The van der Waals surface area contributed by atoms with Crippen molar-refractivity contribution < 1.29 is 24.2 Å². The van der Waals surface area contributed by atoms with Gasteiger partial charge in [0, 0.05) is 30.8 Å². The highest BCUT2D eigenvalue weighted by Crippen LogP contribution is 2.46. The summed E-state index contributed by atoms with van der Waals surface area (Å²) in [5.74, 6) is 0.688. The summed E-state index contributed by atoms with van der Waals surface area (Å²) in [6.45, 7) is 4.75. The van der Waals surface area contributed by atoms with Gasteiger partial charge >= 0.3 is 12.1 Å². The predicted octanol–water partition coefficient (Wildman–Crippen LogP) is 5.20. The molecule has 0 radical (unpaired) electrons. The second kappa shape index (κ2) is 9.38. The molecule has 1 N–H and O–H groups in total. The van der Waals surface area contributed by atoms with Crippen LogP contribution < -0.4 is 9.64 Å². The molecule has 0 aromatic heterocycles. The van der Waals surface area contributed by atoms with Gasteiger partial charge in [0.1, 0.15) is 18.0 Å². The standard InChI is InChI=1S/C28H32N2O5/c1-3-28(18-30(27(33)35-28)22-9-7-21(8-10-22)26(31)32)13-14-29(2)17-19-4-11-25-24(16-19)23(12-15-34-25)20-5-6-20/h4,7-12,16,20H,3,5-6,13-15,17-18H2,1-2H3,(H,31,32). The van der Waals surface area contributed by atoms with E-state index in [4.69, 9.17) is 14.6 Å². The van der Waals surface area contributed by atoms with Crippen molar-refractivity contribution in [3.63, 3.8) is 0 Å². The highest BCUT2D eigenvalue weighted by atomic mass is 16.6. The van der Waals surface area contributed by atoms with E-state index in [1.165, 1.54) is 41.7 Å². The van der Waals surface area contributed by atoms with Gasteiger partial charge in [0.25, 0.3) is 0 Å². The Labute approximate surface area is 205 Å². The van der Waals surface area contributed by atoms with Crippen LogP contribution in [0.1, 0.15) is 54.1 Å². The zero-order valence-electron chi connectivity index (χ0n) is 20.3. The Balaban J connectivity index is 1.22. The summed E-state index contributed by atoms with van der Waals surface area (Å²) in [5, 5.41) is 9.12. The lowest BCUT2D eigenvalue weighted by Crippen LogP contribution is -2.37. The Morgan fingerprint density at radius 3 is 2.66 bits per heavy atom. The number of hydrogen-bond donors (Lipinski definition) is 1. The van der Waals surface area contributed by atoms with Crippen molar-refractivity contribution >= 4 is 23.3 Å². The number of anilines is 1. The Morgan fingerprint density at radius 2 is 1.97 bits per heavy atom. The van der Waals surface area contributed by atoms with E-state index < -0.39 is 11.6 Å². The first kappa shape index (κ1) is 23.4. The van der Waals surface area contributed by atoms with E-state index >= 15 is 0 Å². The smallest absolute Gasteiger partial charge is 0.415 e. The van der Waals surface area contributed by atoms with Gasteiger partial charge in [-0.15, -0.1) is 0 Å². The number of cyclic esters (lactones) is 1. The predicted molar refractivity (Wildman–Crippen MR) is 134 cm³/mol. The van der Waals surface area contributed by atoms with Crippen LogP contribution in [-0.2, 0) is 11.3 Å². The Kier molecular flexibility index (Phi) is 6.28. The molecule has 1 amide bonds. The van der Waals surface area contributed by atoms with Crippen molar-refractivity contribution in [2.75, 3.05) is 31.6 Å². The van der Waals surface area contributed by atoms with E-state index in [1.807, 2.05) is 6.92 Å². The van der Waals surface area contributed by atoms with E-state index in [1.54, 1.807) is 17.0 Å². The normalized spacial score (nSPS) is 21.4. The SMILES string of the molecule is CCC1(CCN(C)Cc2ccc3c(c2)C(C2CC2)=CCO3)CN(c2ccc(C(=O)O)cc2)C(=O)O1. The van der Waals surface area contributed by atoms with Crippen LogP contribution in [0, 0.1) is 5.92 Å². The van der Waals surface area contributed by atoms with Crippen molar-refractivity contribution in [3.8, 4) is 5.75 Å². The maximum atomic E-state index is 12.7. The first-order valence-corrected chi connectivity index (χ1v) is 12.4. The number of amides is 1. The number of allylic oxidation sites excluding steroid dienone is 1. The fourth-order valence-electron chi connectivity index (χ4n) is 5.02. The number of nitrogens with zero attached hydrogens (tertiary/aromatic N) is 2. The van der Waals surface area contributed by atoms with Crippen molar-refractivity contribution in [1.29, 1.82) is 0 Å². The molecule has 7 nitrogen and oxygen atoms in total. The maximum Gasteiger partial charge on any atom is 0.415 e.